The summed E-state index contributed by atoms with van der Waals surface area (Å²) < 4.78 is 32.8. The van der Waals surface area contributed by atoms with Gasteiger partial charge >= 0.3 is 19.8 Å². The highest BCUT2D eigenvalue weighted by Crippen LogP contribution is 2.43. The summed E-state index contributed by atoms with van der Waals surface area (Å²) in [5.74, 6) is -0.853. The van der Waals surface area contributed by atoms with Gasteiger partial charge in [-0.25, -0.2) is 4.57 Å². The number of nitrogens with two attached hydrogens (primary N) is 1. The molecule has 0 aliphatic heterocycles. The summed E-state index contributed by atoms with van der Waals surface area (Å²) in [5, 5.41) is 0. The number of hydrogen-bond acceptors (Lipinski definition) is 8. The molecule has 0 radical (unpaired) electrons. The number of esters is 2. The molecule has 2 atom stereocenters. The highest BCUT2D eigenvalue weighted by atomic mass is 31.2. The summed E-state index contributed by atoms with van der Waals surface area (Å²) in [7, 11) is -4.38. The normalized spacial score (nSPS) is 13.8. The molecule has 0 amide bonds. The van der Waals surface area contributed by atoms with Gasteiger partial charge in [0.05, 0.1) is 13.2 Å². The molecule has 3 N–H and O–H groups in total. The van der Waals surface area contributed by atoms with Crippen LogP contribution in [0.1, 0.15) is 187 Å². The fourth-order valence-corrected chi connectivity index (χ4v) is 6.57. The minimum absolute atomic E-state index is 0.0484. The SMILES string of the molecule is CC/C=C\C/C=C\C/C=C\C/C=C\CCCCCCC(=O)OC(COC(=O)CCCCCCCCCCCCCCCCCC)COP(=O)(O)OCCN. The van der Waals surface area contributed by atoms with Crippen LogP contribution in [0.25, 0.3) is 0 Å². The van der Waals surface area contributed by atoms with Crippen molar-refractivity contribution >= 4 is 19.8 Å². The lowest BCUT2D eigenvalue weighted by Gasteiger charge is -2.19. The molecule has 0 saturated heterocycles. The first kappa shape index (κ1) is 52.0. The van der Waals surface area contributed by atoms with E-state index in [4.69, 9.17) is 24.3 Å². The van der Waals surface area contributed by atoms with E-state index in [0.29, 0.717) is 6.42 Å². The van der Waals surface area contributed by atoms with Gasteiger partial charge in [0.25, 0.3) is 0 Å². The van der Waals surface area contributed by atoms with Gasteiger partial charge < -0.3 is 20.1 Å². The van der Waals surface area contributed by atoms with Gasteiger partial charge in [-0.1, -0.05) is 172 Å². The number of allylic oxidation sites excluding steroid dienone is 8. The minimum Gasteiger partial charge on any atom is -0.462 e. The van der Waals surface area contributed by atoms with Crippen molar-refractivity contribution in [1.29, 1.82) is 0 Å². The van der Waals surface area contributed by atoms with E-state index in [2.05, 4.69) is 62.5 Å². The van der Waals surface area contributed by atoms with E-state index in [1.165, 1.54) is 83.5 Å². The van der Waals surface area contributed by atoms with Crippen LogP contribution in [0.3, 0.4) is 0 Å². The Kier molecular flexibility index (Phi) is 39.1. The molecule has 0 aromatic heterocycles. The Hall–Kier alpha value is -2.03. The molecule has 2 unspecified atom stereocenters. The lowest BCUT2D eigenvalue weighted by Crippen LogP contribution is -2.29. The van der Waals surface area contributed by atoms with Crippen LogP contribution in [0.15, 0.2) is 48.6 Å². The first-order valence-corrected chi connectivity index (χ1v) is 23.1. The Morgan fingerprint density at radius 3 is 1.52 bits per heavy atom. The molecule has 0 aliphatic rings. The van der Waals surface area contributed by atoms with Gasteiger partial charge in [0.1, 0.15) is 6.61 Å². The zero-order valence-electron chi connectivity index (χ0n) is 34.4. The number of ether oxygens (including phenoxy) is 2. The monoisotopic (exact) mass is 782 g/mol. The van der Waals surface area contributed by atoms with Crippen LogP contribution in [0, 0.1) is 0 Å². The number of carbonyl (C=O) groups excluding carboxylic acids is 2. The van der Waals surface area contributed by atoms with Gasteiger partial charge in [-0.15, -0.1) is 0 Å². The Morgan fingerprint density at radius 1 is 0.574 bits per heavy atom. The van der Waals surface area contributed by atoms with Gasteiger partial charge in [0.15, 0.2) is 6.10 Å². The maximum Gasteiger partial charge on any atom is 0.472 e. The molecular weight excluding hydrogens is 701 g/mol. The number of phosphoric ester groups is 1. The molecule has 0 heterocycles. The first-order valence-electron chi connectivity index (χ1n) is 21.6. The zero-order valence-corrected chi connectivity index (χ0v) is 35.3. The third-order valence-corrected chi connectivity index (χ3v) is 9.96. The fraction of sp³-hybridized carbons (Fsp3) is 0.773. The second kappa shape index (κ2) is 40.6. The standard InChI is InChI=1S/C44H80NO8P/c1-3-5-7-9-11-13-15-17-19-21-23-25-27-29-31-33-35-37-44(47)53-42(41-52-54(48,49)51-39-38-45)40-50-43(46)36-34-32-30-28-26-24-22-20-18-16-14-12-10-8-6-4-2/h5,7,11,13,17,19,23,25,42H,3-4,6,8-10,12,14-16,18,20-22,24,26-41,45H2,1-2H3,(H,48,49)/b7-5-,13-11-,19-17-,25-23-. The van der Waals surface area contributed by atoms with Crippen LogP contribution < -0.4 is 5.73 Å². The number of carbonyl (C=O) groups is 2. The largest absolute Gasteiger partial charge is 0.472 e. The predicted molar refractivity (Wildman–Crippen MR) is 224 cm³/mol. The second-order valence-corrected chi connectivity index (χ2v) is 15.6. The predicted octanol–water partition coefficient (Wildman–Crippen LogP) is 12.3. The van der Waals surface area contributed by atoms with E-state index in [1.54, 1.807) is 0 Å². The van der Waals surface area contributed by atoms with Crippen molar-refractivity contribution in [3.63, 3.8) is 0 Å². The van der Waals surface area contributed by atoms with E-state index in [1.807, 2.05) is 0 Å². The molecule has 314 valence electrons. The quantitative estimate of drug-likeness (QED) is 0.0269. The highest BCUT2D eigenvalue weighted by Gasteiger charge is 2.26. The van der Waals surface area contributed by atoms with E-state index >= 15 is 0 Å². The van der Waals surface area contributed by atoms with Crippen LogP contribution >= 0.6 is 7.82 Å². The Morgan fingerprint density at radius 2 is 1.02 bits per heavy atom. The van der Waals surface area contributed by atoms with Crippen molar-refractivity contribution < 1.29 is 37.6 Å². The summed E-state index contributed by atoms with van der Waals surface area (Å²) in [4.78, 5) is 34.9. The Balaban J connectivity index is 4.19. The van der Waals surface area contributed by atoms with Crippen molar-refractivity contribution in [1.82, 2.24) is 0 Å². The molecular formula is C44H80NO8P. The van der Waals surface area contributed by atoms with Crippen molar-refractivity contribution in [3.05, 3.63) is 48.6 Å². The summed E-state index contributed by atoms with van der Waals surface area (Å²) in [6.07, 6.45) is 45.7. The zero-order chi connectivity index (χ0) is 39.6. The van der Waals surface area contributed by atoms with Crippen molar-refractivity contribution in [2.75, 3.05) is 26.4 Å². The number of rotatable bonds is 40. The molecule has 10 heteroatoms. The van der Waals surface area contributed by atoms with Crippen LogP contribution in [0.4, 0.5) is 0 Å². The van der Waals surface area contributed by atoms with Gasteiger partial charge in [-0.3, -0.25) is 18.6 Å². The van der Waals surface area contributed by atoms with Crippen LogP contribution in [-0.2, 0) is 32.7 Å². The van der Waals surface area contributed by atoms with Gasteiger partial charge in [0.2, 0.25) is 0 Å². The summed E-state index contributed by atoms with van der Waals surface area (Å²) in [6, 6.07) is 0. The van der Waals surface area contributed by atoms with E-state index in [0.717, 1.165) is 70.6 Å². The smallest absolute Gasteiger partial charge is 0.462 e. The number of hydrogen-bond donors (Lipinski definition) is 2. The molecule has 0 rings (SSSR count). The average molecular weight is 782 g/mol. The van der Waals surface area contributed by atoms with Crippen LogP contribution in [0.5, 0.6) is 0 Å². The maximum atomic E-state index is 12.6. The second-order valence-electron chi connectivity index (χ2n) is 14.2. The van der Waals surface area contributed by atoms with Crippen molar-refractivity contribution in [2.45, 2.75) is 193 Å². The first-order chi connectivity index (χ1) is 26.3. The molecule has 0 fully saturated rings. The van der Waals surface area contributed by atoms with Crippen LogP contribution in [0.2, 0.25) is 0 Å². The lowest BCUT2D eigenvalue weighted by molar-refractivity contribution is -0.161. The summed E-state index contributed by atoms with van der Waals surface area (Å²) in [6.45, 7) is 3.60. The molecule has 0 aromatic rings. The van der Waals surface area contributed by atoms with Gasteiger partial charge in [0, 0.05) is 19.4 Å². The van der Waals surface area contributed by atoms with Gasteiger partial charge in [-0.05, 0) is 51.4 Å². The van der Waals surface area contributed by atoms with Crippen molar-refractivity contribution in [2.24, 2.45) is 5.73 Å². The van der Waals surface area contributed by atoms with Gasteiger partial charge in [-0.2, -0.15) is 0 Å². The highest BCUT2D eigenvalue weighted by molar-refractivity contribution is 7.47. The lowest BCUT2D eigenvalue weighted by atomic mass is 10.0. The van der Waals surface area contributed by atoms with Crippen molar-refractivity contribution in [3.8, 4) is 0 Å². The minimum atomic E-state index is -4.38. The fourth-order valence-electron chi connectivity index (χ4n) is 5.80. The van der Waals surface area contributed by atoms with Crippen LogP contribution in [-0.4, -0.2) is 49.3 Å². The number of unbranched alkanes of at least 4 members (excludes halogenated alkanes) is 19. The topological polar surface area (TPSA) is 134 Å². The van der Waals surface area contributed by atoms with E-state index in [-0.39, 0.29) is 38.6 Å². The molecule has 0 bridgehead atoms. The molecule has 54 heavy (non-hydrogen) atoms. The molecule has 0 aliphatic carbocycles. The summed E-state index contributed by atoms with van der Waals surface area (Å²) in [5.41, 5.74) is 5.34. The molecule has 0 spiro atoms. The van der Waals surface area contributed by atoms with E-state index < -0.39 is 26.5 Å². The molecule has 0 aromatic carbocycles. The summed E-state index contributed by atoms with van der Waals surface area (Å²) >= 11 is 0. The molecule has 9 nitrogen and oxygen atoms in total. The molecule has 0 saturated carbocycles. The number of phosphoric acid groups is 1. The Labute approximate surface area is 330 Å². The third-order valence-electron chi connectivity index (χ3n) is 8.98. The third kappa shape index (κ3) is 39.7. The maximum absolute atomic E-state index is 12.6. The van der Waals surface area contributed by atoms with E-state index in [9.17, 15) is 19.0 Å². The average Bonchev–Trinajstić information content (AvgIpc) is 3.16. The Bertz CT molecular complexity index is 1030.